The molecule has 1 rings (SSSR count). The van der Waals surface area contributed by atoms with Crippen molar-refractivity contribution in [3.05, 3.63) is 46.7 Å². The number of nitrogens with zero attached hydrogens (tertiary/aromatic N) is 1. The Morgan fingerprint density at radius 3 is 2.87 bits per heavy atom. The number of non-ortho nitro benzene ring substituents is 1. The molecule has 0 saturated heterocycles. The molecule has 0 atom stereocenters. The van der Waals surface area contributed by atoms with Crippen molar-refractivity contribution in [1.82, 2.24) is 0 Å². The lowest BCUT2D eigenvalue weighted by Crippen LogP contribution is -1.91. The molecule has 78 valence electrons. The van der Waals surface area contributed by atoms with Crippen molar-refractivity contribution in [2.24, 2.45) is 0 Å². The van der Waals surface area contributed by atoms with Crippen molar-refractivity contribution in [3.63, 3.8) is 0 Å². The van der Waals surface area contributed by atoms with Crippen LogP contribution < -0.4 is 4.74 Å². The van der Waals surface area contributed by atoms with Crippen LogP contribution in [0.5, 0.6) is 5.75 Å². The summed E-state index contributed by atoms with van der Waals surface area (Å²) in [6.45, 7) is 0. The van der Waals surface area contributed by atoms with Gasteiger partial charge in [0.15, 0.2) is 0 Å². The van der Waals surface area contributed by atoms with Gasteiger partial charge < -0.3 is 9.84 Å². The second-order valence-corrected chi connectivity index (χ2v) is 2.51. The summed E-state index contributed by atoms with van der Waals surface area (Å²) >= 11 is 0. The van der Waals surface area contributed by atoms with Gasteiger partial charge in [-0.2, -0.15) is 0 Å². The minimum Gasteiger partial charge on any atom is -0.478 e. The zero-order chi connectivity index (χ0) is 11.3. The first-order valence-electron chi connectivity index (χ1n) is 3.90. The Balaban J connectivity index is 2.74. The Hall–Kier alpha value is -2.37. The van der Waals surface area contributed by atoms with Gasteiger partial charge in [0.2, 0.25) is 0 Å². The Labute approximate surface area is 84.6 Å². The van der Waals surface area contributed by atoms with Crippen LogP contribution in [-0.4, -0.2) is 16.0 Å². The van der Waals surface area contributed by atoms with Gasteiger partial charge in [-0.3, -0.25) is 10.1 Å². The first-order chi connectivity index (χ1) is 7.09. The van der Waals surface area contributed by atoms with E-state index in [-0.39, 0.29) is 11.4 Å². The summed E-state index contributed by atoms with van der Waals surface area (Å²) in [4.78, 5) is 19.9. The summed E-state index contributed by atoms with van der Waals surface area (Å²) in [7, 11) is 0. The number of carbonyl (C=O) groups is 1. The molecule has 0 spiro atoms. The molecule has 6 nitrogen and oxygen atoms in total. The van der Waals surface area contributed by atoms with Gasteiger partial charge in [-0.15, -0.1) is 0 Å². The summed E-state index contributed by atoms with van der Waals surface area (Å²) in [6.07, 6.45) is 1.74. The van der Waals surface area contributed by atoms with Crippen LogP contribution in [0.1, 0.15) is 0 Å². The molecule has 15 heavy (non-hydrogen) atoms. The molecule has 0 unspecified atom stereocenters. The zero-order valence-electron chi connectivity index (χ0n) is 7.49. The summed E-state index contributed by atoms with van der Waals surface area (Å²) in [5, 5.41) is 18.6. The third kappa shape index (κ3) is 3.47. The maximum Gasteiger partial charge on any atom is 0.331 e. The number of nitro benzene ring substituents is 1. The highest BCUT2D eigenvalue weighted by molar-refractivity contribution is 5.79. The van der Waals surface area contributed by atoms with Crippen LogP contribution in [0.4, 0.5) is 5.69 Å². The fourth-order valence-electron chi connectivity index (χ4n) is 0.841. The predicted octanol–water partition coefficient (Wildman–Crippen LogP) is 1.57. The number of ether oxygens (including phenoxy) is 1. The number of nitro groups is 1. The highest BCUT2D eigenvalue weighted by Gasteiger charge is 2.05. The monoisotopic (exact) mass is 209 g/mol. The van der Waals surface area contributed by atoms with Crippen LogP contribution in [0.25, 0.3) is 0 Å². The van der Waals surface area contributed by atoms with Gasteiger partial charge >= 0.3 is 5.97 Å². The molecule has 1 aromatic carbocycles. The van der Waals surface area contributed by atoms with Gasteiger partial charge in [0.25, 0.3) is 5.69 Å². The number of carboxylic acid groups (broad SMARTS) is 1. The third-order valence-electron chi connectivity index (χ3n) is 1.44. The first-order valence-corrected chi connectivity index (χ1v) is 3.90. The molecule has 0 bridgehead atoms. The van der Waals surface area contributed by atoms with Crippen molar-refractivity contribution in [1.29, 1.82) is 0 Å². The molecule has 1 aromatic rings. The van der Waals surface area contributed by atoms with Crippen molar-refractivity contribution >= 4 is 11.7 Å². The minimum absolute atomic E-state index is 0.115. The molecule has 6 heteroatoms. The van der Waals surface area contributed by atoms with Gasteiger partial charge in [-0.25, -0.2) is 4.79 Å². The van der Waals surface area contributed by atoms with Crippen LogP contribution in [0, 0.1) is 10.1 Å². The number of benzene rings is 1. The fraction of sp³-hybridized carbons (Fsp3) is 0. The third-order valence-corrected chi connectivity index (χ3v) is 1.44. The maximum absolute atomic E-state index is 10.4. The first kappa shape index (κ1) is 10.7. The van der Waals surface area contributed by atoms with Crippen LogP contribution in [-0.2, 0) is 4.79 Å². The second-order valence-electron chi connectivity index (χ2n) is 2.51. The topological polar surface area (TPSA) is 89.7 Å². The Kier molecular flexibility index (Phi) is 3.39. The van der Waals surface area contributed by atoms with Crippen LogP contribution >= 0.6 is 0 Å². The molecular formula is C9H7NO5. The molecule has 0 radical (unpaired) electrons. The van der Waals surface area contributed by atoms with E-state index in [4.69, 9.17) is 9.84 Å². The highest BCUT2D eigenvalue weighted by Crippen LogP contribution is 2.18. The van der Waals surface area contributed by atoms with E-state index in [9.17, 15) is 14.9 Å². The smallest absolute Gasteiger partial charge is 0.331 e. The van der Waals surface area contributed by atoms with E-state index in [0.29, 0.717) is 0 Å². The van der Waals surface area contributed by atoms with E-state index in [1.807, 2.05) is 0 Å². The lowest BCUT2D eigenvalue weighted by molar-refractivity contribution is -0.384. The van der Waals surface area contributed by atoms with Crippen molar-refractivity contribution in [3.8, 4) is 5.75 Å². The van der Waals surface area contributed by atoms with Crippen molar-refractivity contribution in [2.45, 2.75) is 0 Å². The minimum atomic E-state index is -1.15. The number of hydrogen-bond acceptors (Lipinski definition) is 4. The number of aliphatic carboxylic acids is 1. The number of carboxylic acids is 1. The van der Waals surface area contributed by atoms with Gasteiger partial charge in [-0.05, 0) is 6.07 Å². The zero-order valence-corrected chi connectivity index (χ0v) is 7.49. The van der Waals surface area contributed by atoms with Gasteiger partial charge in [0.05, 0.1) is 23.3 Å². The number of hydrogen-bond donors (Lipinski definition) is 1. The van der Waals surface area contributed by atoms with Gasteiger partial charge in [0, 0.05) is 6.07 Å². The molecule has 0 saturated carbocycles. The molecule has 0 fully saturated rings. The molecule has 0 aromatic heterocycles. The standard InChI is InChI=1S/C9H7NO5/c11-9(12)4-5-15-8-3-1-2-7(6-8)10(13)14/h1-6H,(H,11,12)/b5-4+. The largest absolute Gasteiger partial charge is 0.478 e. The molecular weight excluding hydrogens is 202 g/mol. The molecule has 0 amide bonds. The lowest BCUT2D eigenvalue weighted by atomic mass is 10.3. The Bertz CT molecular complexity index is 413. The Morgan fingerprint density at radius 2 is 2.27 bits per heavy atom. The molecule has 1 N–H and O–H groups in total. The molecule has 0 heterocycles. The summed E-state index contributed by atoms with van der Waals surface area (Å²) in [6, 6.07) is 5.45. The highest BCUT2D eigenvalue weighted by atomic mass is 16.6. The van der Waals surface area contributed by atoms with Crippen LogP contribution in [0.2, 0.25) is 0 Å². The van der Waals surface area contributed by atoms with E-state index in [1.54, 1.807) is 0 Å². The summed E-state index contributed by atoms with van der Waals surface area (Å²) < 4.78 is 4.84. The quantitative estimate of drug-likeness (QED) is 0.352. The average molecular weight is 209 g/mol. The lowest BCUT2D eigenvalue weighted by Gasteiger charge is -1.98. The van der Waals surface area contributed by atoms with Gasteiger partial charge in [0.1, 0.15) is 5.75 Å². The fourth-order valence-corrected chi connectivity index (χ4v) is 0.841. The second kappa shape index (κ2) is 4.75. The van der Waals surface area contributed by atoms with E-state index in [2.05, 4.69) is 0 Å². The summed E-state index contributed by atoms with van der Waals surface area (Å²) in [5.74, 6) is -0.942. The van der Waals surface area contributed by atoms with E-state index in [0.717, 1.165) is 12.3 Å². The summed E-state index contributed by atoms with van der Waals surface area (Å²) in [5.41, 5.74) is -0.115. The van der Waals surface area contributed by atoms with E-state index < -0.39 is 10.9 Å². The molecule has 0 aliphatic rings. The average Bonchev–Trinajstić information content (AvgIpc) is 2.17. The maximum atomic E-state index is 10.4. The van der Waals surface area contributed by atoms with Crippen molar-refractivity contribution < 1.29 is 19.6 Å². The predicted molar refractivity (Wildman–Crippen MR) is 50.5 cm³/mol. The number of rotatable bonds is 4. The van der Waals surface area contributed by atoms with Gasteiger partial charge in [-0.1, -0.05) is 6.07 Å². The van der Waals surface area contributed by atoms with Crippen LogP contribution in [0.15, 0.2) is 36.6 Å². The van der Waals surface area contributed by atoms with E-state index >= 15 is 0 Å². The molecule has 0 aliphatic heterocycles. The normalized spacial score (nSPS) is 10.1. The SMILES string of the molecule is O=C(O)/C=C/Oc1cccc([N+](=O)[O-])c1. The van der Waals surface area contributed by atoms with Crippen molar-refractivity contribution in [2.75, 3.05) is 0 Å². The Morgan fingerprint density at radius 1 is 1.53 bits per heavy atom. The van der Waals surface area contributed by atoms with E-state index in [1.165, 1.54) is 24.3 Å². The van der Waals surface area contributed by atoms with Crippen LogP contribution in [0.3, 0.4) is 0 Å². The molecule has 0 aliphatic carbocycles.